The average molecular weight is 458 g/mol. The van der Waals surface area contributed by atoms with E-state index >= 15 is 0 Å². The quantitative estimate of drug-likeness (QED) is 0.355. The molecule has 0 radical (unpaired) electrons. The Morgan fingerprint density at radius 2 is 1.65 bits per heavy atom. The Labute approximate surface area is 196 Å². The van der Waals surface area contributed by atoms with Crippen molar-refractivity contribution in [1.29, 1.82) is 0 Å². The predicted octanol–water partition coefficient (Wildman–Crippen LogP) is 6.33. The molecule has 2 aliphatic rings. The summed E-state index contributed by atoms with van der Waals surface area (Å²) in [7, 11) is 0. The molecule has 34 heavy (non-hydrogen) atoms. The smallest absolute Gasteiger partial charge is 0.275 e. The van der Waals surface area contributed by atoms with Crippen molar-refractivity contribution in [2.75, 3.05) is 10.6 Å². The number of halogens is 1. The van der Waals surface area contributed by atoms with E-state index in [1.54, 1.807) is 30.3 Å². The highest BCUT2D eigenvalue weighted by Crippen LogP contribution is 2.46. The van der Waals surface area contributed by atoms with E-state index in [0.717, 1.165) is 33.8 Å². The third-order valence-corrected chi connectivity index (χ3v) is 6.80. The molecule has 3 aromatic rings. The van der Waals surface area contributed by atoms with E-state index in [4.69, 9.17) is 0 Å². The van der Waals surface area contributed by atoms with Crippen LogP contribution in [0.5, 0.6) is 0 Å². The number of benzene rings is 3. The van der Waals surface area contributed by atoms with Gasteiger partial charge < -0.3 is 10.6 Å². The van der Waals surface area contributed by atoms with Crippen LogP contribution in [0.15, 0.2) is 71.9 Å². The highest BCUT2D eigenvalue weighted by Gasteiger charge is 2.38. The first-order chi connectivity index (χ1) is 16.3. The molecule has 0 spiro atoms. The number of hydrogen-bond acceptors (Lipinski definition) is 5. The van der Waals surface area contributed by atoms with Crippen LogP contribution in [-0.2, 0) is 4.79 Å². The minimum Gasteiger partial charge on any atom is -0.372 e. The summed E-state index contributed by atoms with van der Waals surface area (Å²) in [5.41, 5.74) is 6.33. The summed E-state index contributed by atoms with van der Waals surface area (Å²) in [6.07, 6.45) is 0.789. The van der Waals surface area contributed by atoms with Gasteiger partial charge in [0.05, 0.1) is 27.9 Å². The highest BCUT2D eigenvalue weighted by atomic mass is 19.1. The lowest BCUT2D eigenvalue weighted by atomic mass is 9.78. The van der Waals surface area contributed by atoms with Crippen molar-refractivity contribution in [1.82, 2.24) is 0 Å². The van der Waals surface area contributed by atoms with Crippen LogP contribution in [0.1, 0.15) is 47.1 Å². The van der Waals surface area contributed by atoms with Crippen molar-refractivity contribution >= 4 is 22.8 Å². The zero-order chi connectivity index (χ0) is 24.0. The Bertz CT molecular complexity index is 1350. The zero-order valence-corrected chi connectivity index (χ0v) is 18.9. The van der Waals surface area contributed by atoms with Crippen molar-refractivity contribution in [2.45, 2.75) is 38.6 Å². The van der Waals surface area contributed by atoms with Gasteiger partial charge in [-0.3, -0.25) is 14.9 Å². The molecule has 172 valence electrons. The van der Waals surface area contributed by atoms with Crippen molar-refractivity contribution in [3.63, 3.8) is 0 Å². The standard InChI is InChI=1S/C27H24FN3O3/c1-15-11-21-22(12-16(15)2)30-27(20-5-3-4-6-24(20)31(33)34)26-23(29-21)13-18(14-25(26)32)17-7-9-19(28)10-8-17/h3-12,18,27,29-30H,13-14H2,1-2H3/t18-,27+/m0/s1. The molecule has 0 saturated carbocycles. The molecule has 2 atom stereocenters. The lowest BCUT2D eigenvalue weighted by Gasteiger charge is -2.29. The van der Waals surface area contributed by atoms with Gasteiger partial charge in [0.25, 0.3) is 5.69 Å². The Morgan fingerprint density at radius 1 is 0.971 bits per heavy atom. The van der Waals surface area contributed by atoms with E-state index in [-0.39, 0.29) is 29.6 Å². The fraction of sp³-hybridized carbons (Fsp3) is 0.222. The Kier molecular flexibility index (Phi) is 5.40. The third kappa shape index (κ3) is 3.83. The number of anilines is 2. The molecule has 1 aliphatic carbocycles. The summed E-state index contributed by atoms with van der Waals surface area (Å²) >= 11 is 0. The summed E-state index contributed by atoms with van der Waals surface area (Å²) in [6, 6.07) is 16.1. The van der Waals surface area contributed by atoms with Crippen LogP contribution in [0, 0.1) is 29.8 Å². The summed E-state index contributed by atoms with van der Waals surface area (Å²) in [5, 5.41) is 18.7. The second-order valence-electron chi connectivity index (χ2n) is 8.97. The molecule has 2 N–H and O–H groups in total. The zero-order valence-electron chi connectivity index (χ0n) is 18.9. The second kappa shape index (κ2) is 8.41. The molecular formula is C27H24FN3O3. The monoisotopic (exact) mass is 457 g/mol. The maximum atomic E-state index is 13.6. The third-order valence-electron chi connectivity index (χ3n) is 6.80. The number of fused-ring (bicyclic) bond motifs is 1. The summed E-state index contributed by atoms with van der Waals surface area (Å²) < 4.78 is 13.5. The molecule has 1 heterocycles. The van der Waals surface area contributed by atoms with Crippen LogP contribution < -0.4 is 10.6 Å². The Hall–Kier alpha value is -4.00. The van der Waals surface area contributed by atoms with Gasteiger partial charge in [0.2, 0.25) is 0 Å². The Morgan fingerprint density at radius 3 is 2.35 bits per heavy atom. The van der Waals surface area contributed by atoms with Crippen LogP contribution in [0.2, 0.25) is 0 Å². The molecule has 7 heteroatoms. The van der Waals surface area contributed by atoms with Gasteiger partial charge in [0.15, 0.2) is 5.78 Å². The first-order valence-electron chi connectivity index (χ1n) is 11.2. The fourth-order valence-electron chi connectivity index (χ4n) is 4.92. The van der Waals surface area contributed by atoms with Crippen LogP contribution in [0.3, 0.4) is 0 Å². The van der Waals surface area contributed by atoms with E-state index in [1.807, 2.05) is 26.0 Å². The summed E-state index contributed by atoms with van der Waals surface area (Å²) in [5.74, 6) is -0.516. The largest absolute Gasteiger partial charge is 0.372 e. The van der Waals surface area contributed by atoms with E-state index in [2.05, 4.69) is 10.6 Å². The minimum absolute atomic E-state index is 0.0346. The molecule has 0 amide bonds. The van der Waals surface area contributed by atoms with Gasteiger partial charge in [-0.15, -0.1) is 0 Å². The summed E-state index contributed by atoms with van der Waals surface area (Å²) in [4.78, 5) is 25.0. The number of nitrogens with one attached hydrogen (secondary N) is 2. The molecule has 0 unspecified atom stereocenters. The van der Waals surface area contributed by atoms with E-state index in [1.165, 1.54) is 18.2 Å². The molecule has 0 fully saturated rings. The number of nitro benzene ring substituents is 1. The molecule has 0 bridgehead atoms. The molecule has 3 aromatic carbocycles. The lowest BCUT2D eigenvalue weighted by Crippen LogP contribution is -2.27. The number of aryl methyl sites for hydroxylation is 2. The van der Waals surface area contributed by atoms with Crippen LogP contribution in [-0.4, -0.2) is 10.7 Å². The number of hydrogen-bond donors (Lipinski definition) is 2. The molecule has 1 aliphatic heterocycles. The predicted molar refractivity (Wildman–Crippen MR) is 129 cm³/mol. The Balaban J connectivity index is 1.67. The van der Waals surface area contributed by atoms with Crippen LogP contribution in [0.25, 0.3) is 0 Å². The number of allylic oxidation sites excluding steroid dienone is 1. The number of ketones is 1. The molecular weight excluding hydrogens is 433 g/mol. The maximum Gasteiger partial charge on any atom is 0.275 e. The number of nitro groups is 1. The second-order valence-corrected chi connectivity index (χ2v) is 8.97. The van der Waals surface area contributed by atoms with E-state index in [9.17, 15) is 19.3 Å². The SMILES string of the molecule is Cc1cc2c(cc1C)N[C@H](c1ccccc1[N+](=O)[O-])C1=C(C[C@H](c3ccc(F)cc3)CC1=O)N2. The average Bonchev–Trinajstić information content (AvgIpc) is 2.96. The number of Topliss-reactive ketones (excluding diaryl/α,β-unsaturated/α-hetero) is 1. The number of para-hydroxylation sites is 1. The van der Waals surface area contributed by atoms with E-state index < -0.39 is 11.0 Å². The van der Waals surface area contributed by atoms with Gasteiger partial charge in [-0.05, 0) is 73.2 Å². The molecule has 5 rings (SSSR count). The number of carbonyl (C=O) groups excluding carboxylic acids is 1. The summed E-state index contributed by atoms with van der Waals surface area (Å²) in [6.45, 7) is 4.02. The minimum atomic E-state index is -0.672. The number of rotatable bonds is 3. The molecule has 0 saturated heterocycles. The molecule has 6 nitrogen and oxygen atoms in total. The van der Waals surface area contributed by atoms with E-state index in [0.29, 0.717) is 17.6 Å². The van der Waals surface area contributed by atoms with Gasteiger partial charge >= 0.3 is 0 Å². The van der Waals surface area contributed by atoms with Gasteiger partial charge in [-0.1, -0.05) is 24.3 Å². The highest BCUT2D eigenvalue weighted by molar-refractivity contribution is 6.01. The number of nitrogens with zero attached hydrogens (tertiary/aromatic N) is 1. The van der Waals surface area contributed by atoms with Crippen LogP contribution >= 0.6 is 0 Å². The lowest BCUT2D eigenvalue weighted by molar-refractivity contribution is -0.385. The van der Waals surface area contributed by atoms with Crippen LogP contribution in [0.4, 0.5) is 21.5 Å². The van der Waals surface area contributed by atoms with Gasteiger partial charge in [-0.25, -0.2) is 4.39 Å². The maximum absolute atomic E-state index is 13.6. The number of carbonyl (C=O) groups is 1. The molecule has 0 aromatic heterocycles. The van der Waals surface area contributed by atoms with Gasteiger partial charge in [-0.2, -0.15) is 0 Å². The topological polar surface area (TPSA) is 84.3 Å². The van der Waals surface area contributed by atoms with Crippen molar-refractivity contribution in [2.24, 2.45) is 0 Å². The first-order valence-corrected chi connectivity index (χ1v) is 11.2. The normalized spacial score (nSPS) is 19.4. The fourth-order valence-corrected chi connectivity index (χ4v) is 4.92. The van der Waals surface area contributed by atoms with Gasteiger partial charge in [0.1, 0.15) is 5.82 Å². The first kappa shape index (κ1) is 21.8. The van der Waals surface area contributed by atoms with Crippen molar-refractivity contribution in [3.8, 4) is 0 Å². The van der Waals surface area contributed by atoms with Gasteiger partial charge in [0, 0.05) is 23.8 Å². The van der Waals surface area contributed by atoms with Crippen molar-refractivity contribution < 1.29 is 14.1 Å². The van der Waals surface area contributed by atoms with Crippen molar-refractivity contribution in [3.05, 3.63) is 110 Å².